The van der Waals surface area contributed by atoms with E-state index in [2.05, 4.69) is 161 Å². The summed E-state index contributed by atoms with van der Waals surface area (Å²) in [5.41, 5.74) is 14.3. The normalized spacial score (nSPS) is 11.7. The third-order valence-corrected chi connectivity index (χ3v) is 12.7. The summed E-state index contributed by atoms with van der Waals surface area (Å²) < 4.78 is 11.9. The third-order valence-electron chi connectivity index (χ3n) is 12.7. The Morgan fingerprint density at radius 1 is 0.369 bits per heavy atom. The number of aromatic nitrogens is 4. The lowest BCUT2D eigenvalue weighted by Gasteiger charge is -2.15. The molecule has 0 amide bonds. The second-order valence-electron chi connectivity index (χ2n) is 16.4. The van der Waals surface area contributed by atoms with E-state index in [0.29, 0.717) is 22.8 Å². The van der Waals surface area contributed by atoms with Gasteiger partial charge >= 0.3 is 0 Å². The van der Waals surface area contributed by atoms with Crippen LogP contribution in [0.2, 0.25) is 0 Å². The molecule has 0 bridgehead atoms. The van der Waals surface area contributed by atoms with Crippen molar-refractivity contribution in [2.24, 2.45) is 0 Å². The zero-order valence-corrected chi connectivity index (χ0v) is 34.9. The van der Waals surface area contributed by atoms with Crippen LogP contribution < -0.4 is 0 Å². The molecule has 0 fully saturated rings. The molecular formula is C59H35N5O. The number of furan rings is 1. The van der Waals surface area contributed by atoms with Crippen molar-refractivity contribution < 1.29 is 4.42 Å². The van der Waals surface area contributed by atoms with E-state index < -0.39 is 0 Å². The van der Waals surface area contributed by atoms with Gasteiger partial charge in [-0.3, -0.25) is 0 Å². The lowest BCUT2D eigenvalue weighted by Crippen LogP contribution is -2.02. The maximum Gasteiger partial charge on any atom is 0.160 e. The van der Waals surface area contributed by atoms with Gasteiger partial charge in [0, 0.05) is 49.6 Å². The molecule has 0 unspecified atom stereocenters. The maximum absolute atomic E-state index is 10.7. The molecule has 0 aliphatic rings. The zero-order chi connectivity index (χ0) is 43.0. The number of para-hydroxylation sites is 3. The van der Waals surface area contributed by atoms with E-state index in [4.69, 9.17) is 14.4 Å². The summed E-state index contributed by atoms with van der Waals surface area (Å²) in [6.45, 7) is 0. The molecule has 4 heterocycles. The van der Waals surface area contributed by atoms with E-state index >= 15 is 0 Å². The number of nitrogens with zero attached hydrogens (tertiary/aromatic N) is 5. The maximum atomic E-state index is 10.7. The van der Waals surface area contributed by atoms with E-state index in [1.54, 1.807) is 0 Å². The number of hydrogen-bond acceptors (Lipinski definition) is 4. The van der Waals surface area contributed by atoms with E-state index in [-0.39, 0.29) is 0 Å². The number of hydrogen-bond donors (Lipinski definition) is 0. The minimum Gasteiger partial charge on any atom is -0.455 e. The van der Waals surface area contributed by atoms with Crippen molar-refractivity contribution in [1.29, 1.82) is 5.26 Å². The van der Waals surface area contributed by atoms with Gasteiger partial charge in [-0.1, -0.05) is 146 Å². The minimum absolute atomic E-state index is 0.435. The van der Waals surface area contributed by atoms with Crippen molar-refractivity contribution in [1.82, 2.24) is 19.1 Å². The molecule has 0 saturated heterocycles. The predicted octanol–water partition coefficient (Wildman–Crippen LogP) is 15.1. The van der Waals surface area contributed by atoms with E-state index in [9.17, 15) is 5.26 Å². The van der Waals surface area contributed by atoms with Gasteiger partial charge in [0.15, 0.2) is 5.82 Å². The topological polar surface area (TPSA) is 72.6 Å². The van der Waals surface area contributed by atoms with Crippen LogP contribution >= 0.6 is 0 Å². The van der Waals surface area contributed by atoms with E-state index in [0.717, 1.165) is 105 Å². The summed E-state index contributed by atoms with van der Waals surface area (Å²) in [6, 6.07) is 75.9. The summed E-state index contributed by atoms with van der Waals surface area (Å²) in [7, 11) is 0. The Bertz CT molecular complexity index is 3990. The van der Waals surface area contributed by atoms with Crippen LogP contribution in [-0.2, 0) is 0 Å². The molecule has 65 heavy (non-hydrogen) atoms. The molecule has 302 valence electrons. The van der Waals surface area contributed by atoms with Crippen LogP contribution in [0.25, 0.3) is 122 Å². The monoisotopic (exact) mass is 829 g/mol. The SMILES string of the molecule is N#Cc1c(-c2ccccc2)nc(-c2cc(-c3ccccc3)cc(-n3c4ccccc4c4c5oc6c(ccc7c6c6ccccc6n7-c6ccccc6)c5ccc43)c2)nc1-c1ccccc1. The lowest BCUT2D eigenvalue weighted by molar-refractivity contribution is 0.677. The molecule has 9 aromatic carbocycles. The Morgan fingerprint density at radius 3 is 1.34 bits per heavy atom. The van der Waals surface area contributed by atoms with Crippen molar-refractivity contribution in [3.8, 4) is 62.5 Å². The third kappa shape index (κ3) is 5.66. The second-order valence-corrected chi connectivity index (χ2v) is 16.4. The van der Waals surface area contributed by atoms with Crippen molar-refractivity contribution in [3.05, 3.63) is 218 Å². The van der Waals surface area contributed by atoms with Crippen LogP contribution in [0.4, 0.5) is 0 Å². The fourth-order valence-electron chi connectivity index (χ4n) is 9.90. The highest BCUT2D eigenvalue weighted by atomic mass is 16.3. The highest BCUT2D eigenvalue weighted by Gasteiger charge is 2.24. The molecule has 0 spiro atoms. The molecule has 0 radical (unpaired) electrons. The summed E-state index contributed by atoms with van der Waals surface area (Å²) in [5, 5.41) is 17.2. The highest BCUT2D eigenvalue weighted by Crippen LogP contribution is 2.45. The van der Waals surface area contributed by atoms with Gasteiger partial charge in [0.25, 0.3) is 0 Å². The summed E-state index contributed by atoms with van der Waals surface area (Å²) >= 11 is 0. The van der Waals surface area contributed by atoms with Gasteiger partial charge in [0.1, 0.15) is 22.8 Å². The standard InChI is InChI=1S/C59H35N5O/c60-36-48-55(38-19-7-2-8-20-38)61-59(62-56(48)39-21-9-3-10-22-39)41-33-40(37-17-5-1-6-18-37)34-43(35-41)64-50-28-16-14-26-47(50)54-52(64)32-30-45-44-29-31-51-53(57(44)65-58(45)54)46-25-13-15-27-49(46)63(51)42-23-11-4-12-24-42/h1-35H. The van der Waals surface area contributed by atoms with Gasteiger partial charge in [0.05, 0.1) is 44.2 Å². The van der Waals surface area contributed by atoms with Crippen LogP contribution in [-0.4, -0.2) is 19.1 Å². The quantitative estimate of drug-likeness (QED) is 0.167. The molecule has 0 N–H and O–H groups in total. The minimum atomic E-state index is 0.435. The molecule has 6 heteroatoms. The van der Waals surface area contributed by atoms with Crippen LogP contribution in [0, 0.1) is 11.3 Å². The molecule has 6 nitrogen and oxygen atoms in total. The zero-order valence-electron chi connectivity index (χ0n) is 34.9. The van der Waals surface area contributed by atoms with Gasteiger partial charge in [-0.25, -0.2) is 9.97 Å². The van der Waals surface area contributed by atoms with Crippen molar-refractivity contribution in [2.75, 3.05) is 0 Å². The van der Waals surface area contributed by atoms with E-state index in [1.165, 1.54) is 0 Å². The number of fused-ring (bicyclic) bond motifs is 11. The molecular weight excluding hydrogens is 795 g/mol. The van der Waals surface area contributed by atoms with Crippen molar-refractivity contribution in [3.63, 3.8) is 0 Å². The largest absolute Gasteiger partial charge is 0.455 e. The molecule has 13 rings (SSSR count). The van der Waals surface area contributed by atoms with Crippen LogP contribution in [0.5, 0.6) is 0 Å². The fourth-order valence-corrected chi connectivity index (χ4v) is 9.90. The van der Waals surface area contributed by atoms with Gasteiger partial charge in [-0.05, 0) is 77.9 Å². The van der Waals surface area contributed by atoms with Crippen LogP contribution in [0.3, 0.4) is 0 Å². The summed E-state index contributed by atoms with van der Waals surface area (Å²) in [6.07, 6.45) is 0. The number of rotatable bonds is 6. The van der Waals surface area contributed by atoms with Gasteiger partial charge in [-0.15, -0.1) is 0 Å². The Labute approximate surface area is 373 Å². The molecule has 0 saturated carbocycles. The van der Waals surface area contributed by atoms with Crippen molar-refractivity contribution in [2.45, 2.75) is 0 Å². The first-order valence-corrected chi connectivity index (χ1v) is 21.7. The first-order valence-electron chi connectivity index (χ1n) is 21.7. The van der Waals surface area contributed by atoms with Crippen molar-refractivity contribution >= 4 is 65.6 Å². The fraction of sp³-hybridized carbons (Fsp3) is 0. The van der Waals surface area contributed by atoms with Crippen LogP contribution in [0.1, 0.15) is 5.56 Å². The molecule has 13 aromatic rings. The Kier molecular flexibility index (Phi) is 8.17. The van der Waals surface area contributed by atoms with Crippen LogP contribution in [0.15, 0.2) is 217 Å². The Hall–Kier alpha value is -9.05. The first kappa shape index (κ1) is 36.6. The predicted molar refractivity (Wildman–Crippen MR) is 264 cm³/mol. The lowest BCUT2D eigenvalue weighted by atomic mass is 9.98. The Balaban J connectivity index is 1.09. The summed E-state index contributed by atoms with van der Waals surface area (Å²) in [4.78, 5) is 10.5. The molecule has 0 aliphatic heterocycles. The Morgan fingerprint density at radius 2 is 0.815 bits per heavy atom. The average Bonchev–Trinajstić information content (AvgIpc) is 4.04. The summed E-state index contributed by atoms with van der Waals surface area (Å²) in [5.74, 6) is 0.528. The number of nitriles is 1. The highest BCUT2D eigenvalue weighted by molar-refractivity contribution is 6.29. The average molecular weight is 830 g/mol. The van der Waals surface area contributed by atoms with E-state index in [1.807, 2.05) is 66.7 Å². The number of benzene rings is 9. The first-order chi connectivity index (χ1) is 32.2. The second kappa shape index (κ2) is 14.5. The molecule has 4 aromatic heterocycles. The molecule has 0 atom stereocenters. The van der Waals surface area contributed by atoms with Gasteiger partial charge in [-0.2, -0.15) is 5.26 Å². The smallest absolute Gasteiger partial charge is 0.160 e. The molecule has 0 aliphatic carbocycles. The van der Waals surface area contributed by atoms with Gasteiger partial charge < -0.3 is 13.6 Å². The van der Waals surface area contributed by atoms with Gasteiger partial charge in [0.2, 0.25) is 0 Å².